The third kappa shape index (κ3) is 4.26. The van der Waals surface area contributed by atoms with Gasteiger partial charge in [0.15, 0.2) is 11.0 Å². The van der Waals surface area contributed by atoms with Crippen molar-refractivity contribution in [2.24, 2.45) is 0 Å². The van der Waals surface area contributed by atoms with Crippen LogP contribution in [0.2, 0.25) is 5.02 Å². The van der Waals surface area contributed by atoms with Gasteiger partial charge in [-0.2, -0.15) is 0 Å². The van der Waals surface area contributed by atoms with Crippen molar-refractivity contribution in [1.82, 2.24) is 14.8 Å². The van der Waals surface area contributed by atoms with Gasteiger partial charge in [0.2, 0.25) is 5.91 Å². The normalized spacial score (nSPS) is 10.7. The van der Waals surface area contributed by atoms with Crippen molar-refractivity contribution in [1.29, 1.82) is 0 Å². The van der Waals surface area contributed by atoms with Crippen molar-refractivity contribution in [3.05, 3.63) is 59.1 Å². The number of carbonyl (C=O) groups excluding carboxylic acids is 1. The number of carbonyl (C=O) groups is 1. The highest BCUT2D eigenvalue weighted by molar-refractivity contribution is 7.98. The molecule has 3 aromatic rings. The van der Waals surface area contributed by atoms with E-state index in [0.717, 1.165) is 45.1 Å². The molecule has 0 fully saturated rings. The molecule has 0 saturated heterocycles. The van der Waals surface area contributed by atoms with Crippen molar-refractivity contribution >= 4 is 35.0 Å². The highest BCUT2D eigenvalue weighted by Gasteiger charge is 2.14. The molecule has 0 saturated carbocycles. The fraction of sp³-hybridized carbons (Fsp3) is 0.211. The van der Waals surface area contributed by atoms with Gasteiger partial charge >= 0.3 is 0 Å². The van der Waals surface area contributed by atoms with Gasteiger partial charge in [0.1, 0.15) is 0 Å². The Bertz CT molecular complexity index is 908. The van der Waals surface area contributed by atoms with E-state index < -0.39 is 0 Å². The van der Waals surface area contributed by atoms with Crippen LogP contribution in [0.1, 0.15) is 19.4 Å². The number of nitrogens with zero attached hydrogens (tertiary/aromatic N) is 3. The Morgan fingerprint density at radius 1 is 1.15 bits per heavy atom. The Morgan fingerprint density at radius 3 is 2.54 bits per heavy atom. The molecule has 3 rings (SSSR count). The molecule has 0 spiro atoms. The van der Waals surface area contributed by atoms with Crippen LogP contribution in [-0.4, -0.2) is 20.7 Å². The lowest BCUT2D eigenvalue weighted by atomic mass is 10.2. The number of aromatic nitrogens is 3. The molecule has 1 amide bonds. The molecular formula is C19H19ClN4OS. The van der Waals surface area contributed by atoms with Crippen LogP contribution in [0.25, 0.3) is 11.4 Å². The van der Waals surface area contributed by atoms with Gasteiger partial charge in [-0.25, -0.2) is 0 Å². The van der Waals surface area contributed by atoms with Crippen molar-refractivity contribution in [2.45, 2.75) is 31.3 Å². The molecule has 0 unspecified atom stereocenters. The van der Waals surface area contributed by atoms with E-state index in [9.17, 15) is 4.79 Å². The lowest BCUT2D eigenvalue weighted by molar-refractivity contribution is -0.114. The minimum absolute atomic E-state index is 0.0901. The summed E-state index contributed by atoms with van der Waals surface area (Å²) in [6.07, 6.45) is 0. The minimum Gasteiger partial charge on any atom is -0.326 e. The molecule has 0 aliphatic carbocycles. The number of anilines is 1. The summed E-state index contributed by atoms with van der Waals surface area (Å²) in [6, 6.07) is 15.4. The van der Waals surface area contributed by atoms with Crippen LogP contribution in [0.4, 0.5) is 5.69 Å². The summed E-state index contributed by atoms with van der Waals surface area (Å²) in [7, 11) is 0. The lowest BCUT2D eigenvalue weighted by Crippen LogP contribution is -2.05. The first kappa shape index (κ1) is 18.5. The molecule has 0 aliphatic rings. The number of benzene rings is 2. The summed E-state index contributed by atoms with van der Waals surface area (Å²) < 4.78 is 2.08. The fourth-order valence-electron chi connectivity index (χ4n) is 2.56. The molecule has 134 valence electrons. The van der Waals surface area contributed by atoms with Crippen LogP contribution >= 0.6 is 23.4 Å². The van der Waals surface area contributed by atoms with E-state index in [-0.39, 0.29) is 5.91 Å². The molecular weight excluding hydrogens is 368 g/mol. The van der Waals surface area contributed by atoms with E-state index in [2.05, 4.69) is 27.0 Å². The van der Waals surface area contributed by atoms with Crippen molar-refractivity contribution in [3.63, 3.8) is 0 Å². The number of hydrogen-bond donors (Lipinski definition) is 1. The summed E-state index contributed by atoms with van der Waals surface area (Å²) >= 11 is 7.84. The highest BCUT2D eigenvalue weighted by Crippen LogP contribution is 2.29. The number of hydrogen-bond acceptors (Lipinski definition) is 4. The van der Waals surface area contributed by atoms with Gasteiger partial charge < -0.3 is 9.88 Å². The first-order valence-corrected chi connectivity index (χ1v) is 9.62. The number of rotatable bonds is 6. The maximum Gasteiger partial charge on any atom is 0.221 e. The number of halogens is 1. The van der Waals surface area contributed by atoms with E-state index in [1.807, 2.05) is 48.5 Å². The Hall–Kier alpha value is -2.31. The number of amides is 1. The van der Waals surface area contributed by atoms with E-state index in [4.69, 9.17) is 11.6 Å². The van der Waals surface area contributed by atoms with E-state index in [0.29, 0.717) is 0 Å². The zero-order valence-corrected chi connectivity index (χ0v) is 16.1. The predicted octanol–water partition coefficient (Wildman–Crippen LogP) is 4.87. The third-order valence-corrected chi connectivity index (χ3v) is 5.20. The van der Waals surface area contributed by atoms with Crippen LogP contribution in [0.15, 0.2) is 53.7 Å². The summed E-state index contributed by atoms with van der Waals surface area (Å²) in [5.41, 5.74) is 2.79. The topological polar surface area (TPSA) is 59.8 Å². The minimum atomic E-state index is -0.0901. The average Bonchev–Trinajstić information content (AvgIpc) is 3.04. The predicted molar refractivity (Wildman–Crippen MR) is 106 cm³/mol. The molecule has 0 aliphatic heterocycles. The molecule has 5 nitrogen and oxygen atoms in total. The largest absolute Gasteiger partial charge is 0.326 e. The van der Waals surface area contributed by atoms with E-state index in [1.54, 1.807) is 11.8 Å². The Balaban J connectivity index is 1.79. The SMILES string of the molecule is CCn1c(SCc2ccccc2Cl)nnc1-c1ccc(NC(C)=O)cc1. The fourth-order valence-corrected chi connectivity index (χ4v) is 3.85. The maximum atomic E-state index is 11.1. The molecule has 26 heavy (non-hydrogen) atoms. The molecule has 0 bridgehead atoms. The van der Waals surface area contributed by atoms with Crippen LogP contribution in [-0.2, 0) is 17.1 Å². The van der Waals surface area contributed by atoms with Gasteiger partial charge in [-0.1, -0.05) is 41.6 Å². The number of nitrogens with one attached hydrogen (secondary N) is 1. The second-order valence-electron chi connectivity index (χ2n) is 5.69. The van der Waals surface area contributed by atoms with Gasteiger partial charge in [-0.05, 0) is 42.8 Å². The van der Waals surface area contributed by atoms with Crippen LogP contribution in [0.3, 0.4) is 0 Å². The zero-order valence-electron chi connectivity index (χ0n) is 14.6. The Labute approximate surface area is 161 Å². The number of thioether (sulfide) groups is 1. The molecule has 0 atom stereocenters. The van der Waals surface area contributed by atoms with E-state index in [1.165, 1.54) is 6.92 Å². The van der Waals surface area contributed by atoms with Crippen LogP contribution in [0.5, 0.6) is 0 Å². The van der Waals surface area contributed by atoms with Gasteiger partial charge in [-0.3, -0.25) is 4.79 Å². The molecule has 1 N–H and O–H groups in total. The van der Waals surface area contributed by atoms with Gasteiger partial charge in [0, 0.05) is 35.5 Å². The summed E-state index contributed by atoms with van der Waals surface area (Å²) in [5, 5.41) is 13.1. The molecule has 1 aromatic heterocycles. The first-order valence-electron chi connectivity index (χ1n) is 8.26. The summed E-state index contributed by atoms with van der Waals surface area (Å²) in [6.45, 7) is 4.32. The van der Waals surface area contributed by atoms with Crippen molar-refractivity contribution < 1.29 is 4.79 Å². The molecule has 7 heteroatoms. The molecule has 0 radical (unpaired) electrons. The maximum absolute atomic E-state index is 11.1. The second-order valence-corrected chi connectivity index (χ2v) is 7.04. The standard InChI is InChI=1S/C19H19ClN4OS/c1-3-24-18(14-8-10-16(11-9-14)21-13(2)25)22-23-19(24)26-12-15-6-4-5-7-17(15)20/h4-11H,3,12H2,1-2H3,(H,21,25). The smallest absolute Gasteiger partial charge is 0.221 e. The summed E-state index contributed by atoms with van der Waals surface area (Å²) in [4.78, 5) is 11.1. The Morgan fingerprint density at radius 2 is 1.88 bits per heavy atom. The van der Waals surface area contributed by atoms with Crippen molar-refractivity contribution in [3.8, 4) is 11.4 Å². The van der Waals surface area contributed by atoms with Crippen LogP contribution < -0.4 is 5.32 Å². The molecule has 2 aromatic carbocycles. The van der Waals surface area contributed by atoms with Gasteiger partial charge in [-0.15, -0.1) is 10.2 Å². The zero-order chi connectivity index (χ0) is 18.5. The quantitative estimate of drug-likeness (QED) is 0.614. The van der Waals surface area contributed by atoms with Crippen LogP contribution in [0, 0.1) is 0 Å². The second kappa shape index (κ2) is 8.38. The highest BCUT2D eigenvalue weighted by atomic mass is 35.5. The monoisotopic (exact) mass is 386 g/mol. The van der Waals surface area contributed by atoms with Gasteiger partial charge in [0.05, 0.1) is 0 Å². The van der Waals surface area contributed by atoms with E-state index >= 15 is 0 Å². The Kier molecular flexibility index (Phi) is 5.96. The summed E-state index contributed by atoms with van der Waals surface area (Å²) in [5.74, 6) is 1.45. The van der Waals surface area contributed by atoms with Gasteiger partial charge in [0.25, 0.3) is 0 Å². The molecule has 1 heterocycles. The first-order chi connectivity index (χ1) is 12.6. The average molecular weight is 387 g/mol. The lowest BCUT2D eigenvalue weighted by Gasteiger charge is -2.09. The third-order valence-electron chi connectivity index (χ3n) is 3.81. The van der Waals surface area contributed by atoms with Crippen molar-refractivity contribution in [2.75, 3.05) is 5.32 Å².